The zero-order valence-corrected chi connectivity index (χ0v) is 32.8. The van der Waals surface area contributed by atoms with Gasteiger partial charge in [0, 0.05) is 18.6 Å². The lowest BCUT2D eigenvalue weighted by atomic mass is 9.83. The van der Waals surface area contributed by atoms with Crippen molar-refractivity contribution in [2.75, 3.05) is 26.2 Å². The molecule has 3 fully saturated rings. The largest absolute Gasteiger partial charge is 0.468 e. The van der Waals surface area contributed by atoms with Crippen LogP contribution in [0, 0.1) is 22.0 Å². The van der Waals surface area contributed by atoms with Crippen LogP contribution in [0.3, 0.4) is 0 Å². The Hall–Kier alpha value is -4.11. The molecule has 2 saturated carbocycles. The normalized spacial score (nSPS) is 29.5. The van der Waals surface area contributed by atoms with Gasteiger partial charge >= 0.3 is 12.2 Å². The number of nitro benzene ring substituents is 1. The van der Waals surface area contributed by atoms with Gasteiger partial charge < -0.3 is 65.0 Å². The molecule has 0 radical (unpaired) electrons. The second-order valence-corrected chi connectivity index (χ2v) is 16.2. The summed E-state index contributed by atoms with van der Waals surface area (Å²) < 4.78 is 35.2. The lowest BCUT2D eigenvalue weighted by Gasteiger charge is -2.47. The van der Waals surface area contributed by atoms with Gasteiger partial charge in [-0.15, -0.1) is 0 Å². The van der Waals surface area contributed by atoms with E-state index in [0.717, 1.165) is 6.54 Å². The van der Waals surface area contributed by atoms with Crippen LogP contribution in [0.4, 0.5) is 15.3 Å². The van der Waals surface area contributed by atoms with Gasteiger partial charge in [-0.1, -0.05) is 6.92 Å². The van der Waals surface area contributed by atoms with Crippen LogP contribution >= 0.6 is 0 Å². The van der Waals surface area contributed by atoms with Gasteiger partial charge in [0.2, 0.25) is 0 Å². The van der Waals surface area contributed by atoms with Crippen LogP contribution in [0.25, 0.3) is 0 Å². The highest BCUT2D eigenvalue weighted by atomic mass is 16.7. The fraction of sp³-hybridized carbons (Fsp3) is 0.711. The molecular weight excluding hydrogens is 750 g/mol. The maximum Gasteiger partial charge on any atom is 0.407 e. The number of allylic oxidation sites excluding steroid dienone is 1. The summed E-state index contributed by atoms with van der Waals surface area (Å²) in [6, 6.07) is 3.30. The predicted molar refractivity (Wildman–Crippen MR) is 200 cm³/mol. The molecule has 2 heterocycles. The Kier molecular flexibility index (Phi) is 15.5. The molecule has 0 spiro atoms. The smallest absolute Gasteiger partial charge is 0.407 e. The van der Waals surface area contributed by atoms with Crippen LogP contribution < -0.4 is 21.3 Å². The third-order valence-electron chi connectivity index (χ3n) is 9.85. The molecule has 3 amide bonds. The van der Waals surface area contributed by atoms with Gasteiger partial charge in [-0.3, -0.25) is 14.9 Å². The Morgan fingerprint density at radius 2 is 1.70 bits per heavy atom. The highest BCUT2D eigenvalue weighted by Crippen LogP contribution is 2.32. The average molecular weight is 808 g/mol. The molecule has 0 unspecified atom stereocenters. The van der Waals surface area contributed by atoms with Gasteiger partial charge in [-0.2, -0.15) is 0 Å². The van der Waals surface area contributed by atoms with Gasteiger partial charge in [0.05, 0.1) is 36.7 Å². The standard InChI is InChI=1S/C38H57N5O14/c1-21-14-28(44)35(52-19-21)56-33-26(41-34(47)29(45)18-40-36(48)57-38(2,3)4)15-27(42-37(49)53-20-23-10-12-24(13-11-23)43(50)51)32(31(33)46)55-30-7-5-6-25(54-30)17-39-16-22-8-9-22/h6,10-13,21-22,26-33,35,39,44-46H,5,7-9,14-20H2,1-4H3,(H,40,48)(H,41,47)(H,42,49)/t21-,26+,27-,28+,29+,30+,31-,32+,33-,35+/m0/s1. The van der Waals surface area contributed by atoms with Crippen LogP contribution in [0.2, 0.25) is 0 Å². The Morgan fingerprint density at radius 1 is 1.00 bits per heavy atom. The molecule has 2 aliphatic carbocycles. The first-order valence-corrected chi connectivity index (χ1v) is 19.5. The van der Waals surface area contributed by atoms with Crippen LogP contribution in [-0.2, 0) is 39.8 Å². The van der Waals surface area contributed by atoms with E-state index >= 15 is 0 Å². The van der Waals surface area contributed by atoms with Gasteiger partial charge in [0.25, 0.3) is 11.6 Å². The van der Waals surface area contributed by atoms with Crippen molar-refractivity contribution in [3.8, 4) is 0 Å². The maximum atomic E-state index is 13.4. The number of ether oxygens (including phenoxy) is 6. The molecule has 1 saturated heterocycles. The van der Waals surface area contributed by atoms with Gasteiger partial charge in [-0.05, 0) is 95.0 Å². The Bertz CT molecular complexity index is 1550. The number of aliphatic hydroxyl groups excluding tert-OH is 3. The van der Waals surface area contributed by atoms with Gasteiger partial charge in [0.15, 0.2) is 12.6 Å². The highest BCUT2D eigenvalue weighted by Gasteiger charge is 2.50. The number of benzene rings is 1. The first kappa shape index (κ1) is 44.0. The minimum Gasteiger partial charge on any atom is -0.468 e. The number of alkyl carbamates (subject to hydrolysis) is 2. The molecule has 19 heteroatoms. The minimum atomic E-state index is -1.76. The highest BCUT2D eigenvalue weighted by molar-refractivity contribution is 5.82. The number of rotatable bonds is 16. The third kappa shape index (κ3) is 13.8. The van der Waals surface area contributed by atoms with E-state index in [0.29, 0.717) is 43.0 Å². The van der Waals surface area contributed by atoms with E-state index in [9.17, 15) is 39.8 Å². The number of non-ortho nitro benzene ring substituents is 1. The fourth-order valence-corrected chi connectivity index (χ4v) is 6.77. The van der Waals surface area contributed by atoms with E-state index in [2.05, 4.69) is 21.3 Å². The number of hydrogen-bond acceptors (Lipinski definition) is 15. The van der Waals surface area contributed by atoms with Crippen molar-refractivity contribution in [1.29, 1.82) is 0 Å². The molecule has 0 aromatic heterocycles. The fourth-order valence-electron chi connectivity index (χ4n) is 6.77. The number of nitrogens with one attached hydrogen (secondary N) is 4. The van der Waals surface area contributed by atoms with Gasteiger partial charge in [-0.25, -0.2) is 9.59 Å². The number of carbonyl (C=O) groups excluding carboxylic acids is 3. The van der Waals surface area contributed by atoms with Crippen molar-refractivity contribution in [1.82, 2.24) is 21.3 Å². The maximum absolute atomic E-state index is 13.4. The Balaban J connectivity index is 1.33. The van der Waals surface area contributed by atoms with E-state index < -0.39 is 90.3 Å². The topological polar surface area (TPSA) is 259 Å². The number of aliphatic hydroxyl groups is 3. The molecule has 4 aliphatic rings. The minimum absolute atomic E-state index is 0.0328. The molecule has 7 N–H and O–H groups in total. The van der Waals surface area contributed by atoms with E-state index in [1.54, 1.807) is 20.8 Å². The summed E-state index contributed by atoms with van der Waals surface area (Å²) in [5.41, 5.74) is -0.469. The predicted octanol–water partition coefficient (Wildman–Crippen LogP) is 1.86. The second kappa shape index (κ2) is 20.0. The molecule has 318 valence electrons. The molecule has 5 rings (SSSR count). The molecule has 19 nitrogen and oxygen atoms in total. The number of carbonyl (C=O) groups is 3. The summed E-state index contributed by atoms with van der Waals surface area (Å²) in [4.78, 5) is 49.4. The average Bonchev–Trinajstić information content (AvgIpc) is 3.98. The number of amides is 3. The number of hydrogen-bond donors (Lipinski definition) is 7. The van der Waals surface area contributed by atoms with E-state index in [4.69, 9.17) is 28.4 Å². The lowest BCUT2D eigenvalue weighted by molar-refractivity contribution is -0.384. The molecule has 2 aliphatic heterocycles. The zero-order chi connectivity index (χ0) is 41.3. The zero-order valence-electron chi connectivity index (χ0n) is 32.8. The summed E-state index contributed by atoms with van der Waals surface area (Å²) in [7, 11) is 0. The van der Waals surface area contributed by atoms with Crippen molar-refractivity contribution < 1.29 is 63.0 Å². The first-order valence-electron chi connectivity index (χ1n) is 19.5. The summed E-state index contributed by atoms with van der Waals surface area (Å²) in [6.07, 6.45) is -5.08. The Morgan fingerprint density at radius 3 is 2.37 bits per heavy atom. The van der Waals surface area contributed by atoms with Gasteiger partial charge in [0.1, 0.15) is 48.5 Å². The van der Waals surface area contributed by atoms with E-state index in [1.165, 1.54) is 37.1 Å². The molecule has 0 bridgehead atoms. The molecule has 10 atom stereocenters. The van der Waals surface area contributed by atoms with Crippen molar-refractivity contribution in [3.05, 3.63) is 51.8 Å². The number of nitrogens with zero attached hydrogens (tertiary/aromatic N) is 1. The van der Waals surface area contributed by atoms with Crippen molar-refractivity contribution >= 4 is 23.8 Å². The van der Waals surface area contributed by atoms with Crippen LogP contribution in [0.5, 0.6) is 0 Å². The lowest BCUT2D eigenvalue weighted by Crippen LogP contribution is -2.68. The SMILES string of the molecule is C[C@@H]1CO[C@H](O[C@@H]2[C@@H](O)[C@H](O[C@@H]3CCC=C(CNCC4CC4)O3)[C@@H](NC(=O)OCc3ccc([N+](=O)[O-])cc3)C[C@H]2NC(=O)[C@H](O)CNC(=O)OC(C)(C)C)[C@H](O)C1. The van der Waals surface area contributed by atoms with Crippen molar-refractivity contribution in [2.24, 2.45) is 11.8 Å². The van der Waals surface area contributed by atoms with Crippen LogP contribution in [0.15, 0.2) is 36.1 Å². The summed E-state index contributed by atoms with van der Waals surface area (Å²) in [5, 5.41) is 55.9. The van der Waals surface area contributed by atoms with E-state index in [1.807, 2.05) is 13.0 Å². The van der Waals surface area contributed by atoms with Crippen LogP contribution in [-0.4, -0.2) is 125 Å². The summed E-state index contributed by atoms with van der Waals surface area (Å²) in [6.45, 7) is 7.76. The van der Waals surface area contributed by atoms with Crippen molar-refractivity contribution in [2.45, 2.75) is 134 Å². The monoisotopic (exact) mass is 807 g/mol. The quantitative estimate of drug-likeness (QED) is 0.0929. The van der Waals surface area contributed by atoms with E-state index in [-0.39, 0.29) is 31.2 Å². The summed E-state index contributed by atoms with van der Waals surface area (Å²) >= 11 is 0. The number of nitro groups is 1. The second-order valence-electron chi connectivity index (χ2n) is 16.2. The molecule has 57 heavy (non-hydrogen) atoms. The third-order valence-corrected chi connectivity index (χ3v) is 9.85. The van der Waals surface area contributed by atoms with Crippen LogP contribution in [0.1, 0.15) is 71.8 Å². The molecule has 1 aromatic rings. The molecule has 1 aromatic carbocycles. The Labute approximate surface area is 331 Å². The van der Waals surface area contributed by atoms with Crippen molar-refractivity contribution in [3.63, 3.8) is 0 Å². The molecular formula is C38H57N5O14. The summed E-state index contributed by atoms with van der Waals surface area (Å²) in [5.74, 6) is 0.432. The first-order chi connectivity index (χ1) is 27.0.